The van der Waals surface area contributed by atoms with Crippen molar-refractivity contribution in [2.75, 3.05) is 36.4 Å². The van der Waals surface area contributed by atoms with Crippen molar-refractivity contribution in [3.05, 3.63) is 90.0 Å². The minimum absolute atomic E-state index is 0.0811. The summed E-state index contributed by atoms with van der Waals surface area (Å²) in [5, 5.41) is 13.1. The van der Waals surface area contributed by atoms with Crippen LogP contribution in [-0.2, 0) is 6.42 Å². The van der Waals surface area contributed by atoms with Gasteiger partial charge in [-0.25, -0.2) is 4.79 Å². The molecule has 1 heterocycles. The Labute approximate surface area is 171 Å². The molecule has 29 heavy (non-hydrogen) atoms. The van der Waals surface area contributed by atoms with Gasteiger partial charge in [-0.15, -0.1) is 0 Å². The molecule has 0 bridgehead atoms. The van der Waals surface area contributed by atoms with Gasteiger partial charge in [0.2, 0.25) is 0 Å². The number of rotatable bonds is 4. The third-order valence-corrected chi connectivity index (χ3v) is 5.29. The fraction of sp³-hybridized carbons (Fsp3) is 0.208. The van der Waals surface area contributed by atoms with Crippen LogP contribution in [0.2, 0.25) is 0 Å². The van der Waals surface area contributed by atoms with Gasteiger partial charge in [0, 0.05) is 31.9 Å². The number of carbonyl (C=O) groups is 1. The fourth-order valence-electron chi connectivity index (χ4n) is 3.69. The Kier molecular flexibility index (Phi) is 5.66. The molecule has 0 radical (unpaired) electrons. The van der Waals surface area contributed by atoms with Gasteiger partial charge in [-0.1, -0.05) is 60.7 Å². The van der Waals surface area contributed by atoms with Crippen LogP contribution in [0.5, 0.6) is 5.75 Å². The minimum atomic E-state index is -0.0811. The second kappa shape index (κ2) is 8.69. The summed E-state index contributed by atoms with van der Waals surface area (Å²) in [5.74, 6) is 0.278. The Morgan fingerprint density at radius 3 is 2.24 bits per heavy atom. The van der Waals surface area contributed by atoms with Gasteiger partial charge in [-0.3, -0.25) is 0 Å². The monoisotopic (exact) mass is 387 g/mol. The average Bonchev–Trinajstić information content (AvgIpc) is 2.76. The van der Waals surface area contributed by atoms with Crippen LogP contribution in [0.3, 0.4) is 0 Å². The summed E-state index contributed by atoms with van der Waals surface area (Å²) in [5.41, 5.74) is 3.98. The fourth-order valence-corrected chi connectivity index (χ4v) is 3.69. The first-order chi connectivity index (χ1) is 14.2. The number of benzene rings is 3. The van der Waals surface area contributed by atoms with Crippen molar-refractivity contribution in [3.8, 4) is 5.75 Å². The lowest BCUT2D eigenvalue weighted by Crippen LogP contribution is -2.50. The number of anilines is 2. The predicted octanol–water partition coefficient (Wildman–Crippen LogP) is 4.34. The second-order valence-corrected chi connectivity index (χ2v) is 7.21. The number of para-hydroxylation sites is 3. The SMILES string of the molecule is O=C(Nc1ccccc1Cc1ccccc1)N1CCN(c2ccccc2O)CC1. The zero-order valence-electron chi connectivity index (χ0n) is 16.3. The summed E-state index contributed by atoms with van der Waals surface area (Å²) in [6.07, 6.45) is 0.776. The number of urea groups is 1. The number of carbonyl (C=O) groups excluding carboxylic acids is 1. The van der Waals surface area contributed by atoms with Gasteiger partial charge in [-0.2, -0.15) is 0 Å². The Morgan fingerprint density at radius 2 is 1.48 bits per heavy atom. The molecular formula is C24H25N3O2. The number of aromatic hydroxyl groups is 1. The molecule has 1 aliphatic heterocycles. The highest BCUT2D eigenvalue weighted by Gasteiger charge is 2.23. The quantitative estimate of drug-likeness (QED) is 0.700. The first-order valence-corrected chi connectivity index (χ1v) is 9.91. The van der Waals surface area contributed by atoms with E-state index >= 15 is 0 Å². The maximum atomic E-state index is 12.8. The van der Waals surface area contributed by atoms with E-state index in [1.54, 1.807) is 6.07 Å². The van der Waals surface area contributed by atoms with E-state index in [1.807, 2.05) is 59.5 Å². The lowest BCUT2D eigenvalue weighted by atomic mass is 10.0. The molecule has 0 aliphatic carbocycles. The molecule has 3 aromatic carbocycles. The molecular weight excluding hydrogens is 362 g/mol. The number of hydrogen-bond acceptors (Lipinski definition) is 3. The van der Waals surface area contributed by atoms with Crippen LogP contribution in [0.4, 0.5) is 16.2 Å². The molecule has 4 rings (SSSR count). The van der Waals surface area contributed by atoms with Crippen molar-refractivity contribution in [2.24, 2.45) is 0 Å². The third-order valence-electron chi connectivity index (χ3n) is 5.29. The van der Waals surface area contributed by atoms with Crippen LogP contribution >= 0.6 is 0 Å². The van der Waals surface area contributed by atoms with Crippen molar-refractivity contribution in [1.82, 2.24) is 4.90 Å². The van der Waals surface area contributed by atoms with Gasteiger partial charge in [0.15, 0.2) is 0 Å². The van der Waals surface area contributed by atoms with Crippen molar-refractivity contribution in [1.29, 1.82) is 0 Å². The van der Waals surface area contributed by atoms with Crippen LogP contribution < -0.4 is 10.2 Å². The zero-order valence-corrected chi connectivity index (χ0v) is 16.3. The standard InChI is InChI=1S/C24H25N3O2/c28-23-13-7-6-12-22(23)26-14-16-27(17-15-26)24(29)25-21-11-5-4-10-20(21)18-19-8-2-1-3-9-19/h1-13,28H,14-18H2,(H,25,29). The van der Waals surface area contributed by atoms with E-state index in [0.717, 1.165) is 23.4 Å². The molecule has 3 aromatic rings. The molecule has 0 unspecified atom stereocenters. The molecule has 0 saturated carbocycles. The highest BCUT2D eigenvalue weighted by molar-refractivity contribution is 5.90. The Morgan fingerprint density at radius 1 is 0.828 bits per heavy atom. The average molecular weight is 387 g/mol. The Balaban J connectivity index is 1.39. The smallest absolute Gasteiger partial charge is 0.321 e. The van der Waals surface area contributed by atoms with Gasteiger partial charge in [0.05, 0.1) is 5.69 Å². The number of nitrogens with zero attached hydrogens (tertiary/aromatic N) is 2. The largest absolute Gasteiger partial charge is 0.506 e. The van der Waals surface area contributed by atoms with E-state index in [-0.39, 0.29) is 11.8 Å². The first kappa shape index (κ1) is 18.9. The lowest BCUT2D eigenvalue weighted by Gasteiger charge is -2.36. The van der Waals surface area contributed by atoms with Crippen LogP contribution in [0, 0.1) is 0 Å². The molecule has 0 aromatic heterocycles. The summed E-state index contributed by atoms with van der Waals surface area (Å²) in [6.45, 7) is 2.61. The van der Waals surface area contributed by atoms with Gasteiger partial charge in [0.1, 0.15) is 5.75 Å². The number of piperazine rings is 1. The van der Waals surface area contributed by atoms with Crippen LogP contribution in [0.15, 0.2) is 78.9 Å². The normalized spacial score (nSPS) is 13.9. The number of nitrogens with one attached hydrogen (secondary N) is 1. The number of phenols is 1. The molecule has 5 nitrogen and oxygen atoms in total. The number of amides is 2. The minimum Gasteiger partial charge on any atom is -0.506 e. The van der Waals surface area contributed by atoms with Crippen molar-refractivity contribution in [3.63, 3.8) is 0 Å². The maximum absolute atomic E-state index is 12.8. The van der Waals surface area contributed by atoms with Crippen LogP contribution in [0.25, 0.3) is 0 Å². The third kappa shape index (κ3) is 4.51. The highest BCUT2D eigenvalue weighted by atomic mass is 16.3. The second-order valence-electron chi connectivity index (χ2n) is 7.21. The van der Waals surface area contributed by atoms with E-state index in [1.165, 1.54) is 5.56 Å². The van der Waals surface area contributed by atoms with E-state index in [0.29, 0.717) is 26.2 Å². The molecule has 148 valence electrons. The van der Waals surface area contributed by atoms with E-state index in [9.17, 15) is 9.90 Å². The molecule has 1 saturated heterocycles. The Bertz CT molecular complexity index is 967. The summed E-state index contributed by atoms with van der Waals surface area (Å²) >= 11 is 0. The maximum Gasteiger partial charge on any atom is 0.321 e. The van der Waals surface area contributed by atoms with Crippen molar-refractivity contribution < 1.29 is 9.90 Å². The molecule has 1 fully saturated rings. The van der Waals surface area contributed by atoms with Gasteiger partial charge >= 0.3 is 6.03 Å². The Hall–Kier alpha value is -3.47. The van der Waals surface area contributed by atoms with Crippen LogP contribution in [0.1, 0.15) is 11.1 Å². The van der Waals surface area contributed by atoms with E-state index in [4.69, 9.17) is 0 Å². The van der Waals surface area contributed by atoms with E-state index < -0.39 is 0 Å². The van der Waals surface area contributed by atoms with Crippen LogP contribution in [-0.4, -0.2) is 42.2 Å². The summed E-state index contributed by atoms with van der Waals surface area (Å²) in [6, 6.07) is 25.5. The summed E-state index contributed by atoms with van der Waals surface area (Å²) in [7, 11) is 0. The topological polar surface area (TPSA) is 55.8 Å². The zero-order chi connectivity index (χ0) is 20.1. The lowest BCUT2D eigenvalue weighted by molar-refractivity contribution is 0.208. The van der Waals surface area contributed by atoms with E-state index in [2.05, 4.69) is 28.4 Å². The van der Waals surface area contributed by atoms with Crippen molar-refractivity contribution >= 4 is 17.4 Å². The number of hydrogen-bond donors (Lipinski definition) is 2. The molecule has 1 aliphatic rings. The van der Waals surface area contributed by atoms with Gasteiger partial charge in [-0.05, 0) is 35.7 Å². The van der Waals surface area contributed by atoms with Crippen molar-refractivity contribution in [2.45, 2.75) is 6.42 Å². The molecule has 0 spiro atoms. The summed E-state index contributed by atoms with van der Waals surface area (Å²) < 4.78 is 0. The van der Waals surface area contributed by atoms with Gasteiger partial charge < -0.3 is 20.2 Å². The molecule has 5 heteroatoms. The van der Waals surface area contributed by atoms with Gasteiger partial charge in [0.25, 0.3) is 0 Å². The highest BCUT2D eigenvalue weighted by Crippen LogP contribution is 2.27. The first-order valence-electron chi connectivity index (χ1n) is 9.91. The summed E-state index contributed by atoms with van der Waals surface area (Å²) in [4.78, 5) is 16.8. The molecule has 2 N–H and O–H groups in total. The molecule has 2 amide bonds. The number of phenolic OH excluding ortho intramolecular Hbond substituents is 1. The predicted molar refractivity (Wildman–Crippen MR) is 117 cm³/mol. The molecule has 0 atom stereocenters.